The molecule has 0 aliphatic heterocycles. The number of carbonyl (C=O) groups is 1. The number of fused-ring (bicyclic) bond motifs is 5. The molecule has 0 aromatic heterocycles. The summed E-state index contributed by atoms with van der Waals surface area (Å²) in [5.74, 6) is 3.35. The highest BCUT2D eigenvalue weighted by molar-refractivity contribution is 6.40. The minimum Gasteiger partial charge on any atom is -0.376 e. The number of nitrogens with one attached hydrogen (secondary N) is 1. The Balaban J connectivity index is 1.29. The van der Waals surface area contributed by atoms with Crippen molar-refractivity contribution in [1.29, 1.82) is 5.41 Å². The molecule has 1 unspecified atom stereocenters. The van der Waals surface area contributed by atoms with E-state index in [-0.39, 0.29) is 17.1 Å². The predicted molar refractivity (Wildman–Crippen MR) is 129 cm³/mol. The Morgan fingerprint density at radius 1 is 1.03 bits per heavy atom. The first-order valence-electron chi connectivity index (χ1n) is 12.8. The number of ether oxygens (including phenoxy) is 1. The van der Waals surface area contributed by atoms with Crippen LogP contribution in [0.25, 0.3) is 0 Å². The van der Waals surface area contributed by atoms with Crippen LogP contribution < -0.4 is 0 Å². The zero-order chi connectivity index (χ0) is 22.5. The summed E-state index contributed by atoms with van der Waals surface area (Å²) < 4.78 is 6.16. The lowest BCUT2D eigenvalue weighted by Crippen LogP contribution is -2.54. The van der Waals surface area contributed by atoms with E-state index in [1.54, 1.807) is 0 Å². The Kier molecular flexibility index (Phi) is 5.68. The number of allylic oxidation sites excluding steroid dienone is 2. The van der Waals surface area contributed by atoms with Crippen molar-refractivity contribution in [3.63, 3.8) is 0 Å². The Morgan fingerprint density at radius 3 is 2.56 bits per heavy atom. The highest BCUT2D eigenvalue weighted by atomic mass is 16.5. The van der Waals surface area contributed by atoms with Crippen LogP contribution in [0, 0.1) is 51.7 Å². The van der Waals surface area contributed by atoms with Crippen LogP contribution in [-0.2, 0) is 16.1 Å². The summed E-state index contributed by atoms with van der Waals surface area (Å²) in [4.78, 5) is 12.2. The lowest BCUT2D eigenvalue weighted by molar-refractivity contribution is -0.117. The van der Waals surface area contributed by atoms with E-state index in [4.69, 9.17) is 10.1 Å². The van der Waals surface area contributed by atoms with Gasteiger partial charge in [0.15, 0.2) is 5.78 Å². The third-order valence-electron chi connectivity index (χ3n) is 10.2. The van der Waals surface area contributed by atoms with Gasteiger partial charge in [-0.2, -0.15) is 0 Å². The van der Waals surface area contributed by atoms with E-state index in [1.165, 1.54) is 31.2 Å². The summed E-state index contributed by atoms with van der Waals surface area (Å²) in [7, 11) is 0. The molecule has 3 heteroatoms. The largest absolute Gasteiger partial charge is 0.376 e. The first-order chi connectivity index (χ1) is 15.3. The highest BCUT2D eigenvalue weighted by Gasteiger charge is 2.60. The van der Waals surface area contributed by atoms with Crippen molar-refractivity contribution in [2.24, 2.45) is 46.3 Å². The Labute approximate surface area is 193 Å². The summed E-state index contributed by atoms with van der Waals surface area (Å²) in [6.45, 7) is 8.89. The van der Waals surface area contributed by atoms with Crippen LogP contribution in [0.5, 0.6) is 0 Å². The van der Waals surface area contributed by atoms with Gasteiger partial charge in [-0.1, -0.05) is 63.3 Å². The lowest BCUT2D eigenvalue weighted by atomic mass is 9.46. The molecule has 4 aliphatic carbocycles. The second kappa shape index (κ2) is 8.24. The summed E-state index contributed by atoms with van der Waals surface area (Å²) in [5.41, 5.74) is 2.09. The van der Waals surface area contributed by atoms with Crippen LogP contribution in [-0.4, -0.2) is 18.1 Å². The van der Waals surface area contributed by atoms with Gasteiger partial charge in [0.1, 0.15) is 0 Å². The van der Waals surface area contributed by atoms with Gasteiger partial charge in [0.25, 0.3) is 0 Å². The molecule has 3 nitrogen and oxygen atoms in total. The Bertz CT molecular complexity index is 907. The molecule has 172 valence electrons. The van der Waals surface area contributed by atoms with Gasteiger partial charge in [-0.05, 0) is 78.1 Å². The molecule has 1 N–H and O–H groups in total. The molecule has 4 aliphatic rings. The number of benzene rings is 1. The molecule has 5 rings (SSSR count). The van der Waals surface area contributed by atoms with Gasteiger partial charge in [0, 0.05) is 18.9 Å². The van der Waals surface area contributed by atoms with E-state index in [1.807, 2.05) is 0 Å². The average molecular weight is 434 g/mol. The first kappa shape index (κ1) is 22.1. The minimum absolute atomic E-state index is 0.0388. The van der Waals surface area contributed by atoms with Gasteiger partial charge < -0.3 is 10.1 Å². The van der Waals surface area contributed by atoms with E-state index < -0.39 is 0 Å². The van der Waals surface area contributed by atoms with Crippen molar-refractivity contribution in [2.45, 2.75) is 65.9 Å². The minimum atomic E-state index is 0.0388. The molecule has 0 bridgehead atoms. The standard InChI is InChI=1S/C29H39NO2/c1-19(17-32-18-20-7-5-4-6-8-20)22-11-12-23-21-9-10-25-27(30)26(31)14-16-29(25,3)24(21)13-15-28(22,23)2/h4-10,19,21-25,30H,11-18H2,1-3H3/t19-,21+,22-,23+,24+,25?,28-,29-/m1/s1. The monoisotopic (exact) mass is 433 g/mol. The molecule has 0 radical (unpaired) electrons. The Hall–Kier alpha value is -1.74. The van der Waals surface area contributed by atoms with Crippen LogP contribution in [0.15, 0.2) is 42.5 Å². The van der Waals surface area contributed by atoms with Gasteiger partial charge >= 0.3 is 0 Å². The van der Waals surface area contributed by atoms with Crippen molar-refractivity contribution >= 4 is 11.5 Å². The zero-order valence-electron chi connectivity index (χ0n) is 20.0. The van der Waals surface area contributed by atoms with Gasteiger partial charge in [-0.15, -0.1) is 0 Å². The van der Waals surface area contributed by atoms with Gasteiger partial charge in [-0.3, -0.25) is 4.79 Å². The fourth-order valence-electron chi connectivity index (χ4n) is 8.41. The van der Waals surface area contributed by atoms with E-state index in [9.17, 15) is 4.79 Å². The summed E-state index contributed by atoms with van der Waals surface area (Å²) in [6, 6.07) is 10.5. The molecule has 3 fully saturated rings. The number of hydrogen-bond acceptors (Lipinski definition) is 3. The van der Waals surface area contributed by atoms with Crippen LogP contribution in [0.4, 0.5) is 0 Å². The molecular formula is C29H39NO2. The maximum absolute atomic E-state index is 12.2. The molecule has 0 amide bonds. The molecule has 1 aromatic carbocycles. The summed E-state index contributed by atoms with van der Waals surface area (Å²) in [5, 5.41) is 8.44. The molecule has 0 spiro atoms. The van der Waals surface area contributed by atoms with Crippen LogP contribution >= 0.6 is 0 Å². The predicted octanol–water partition coefficient (Wildman–Crippen LogP) is 6.47. The van der Waals surface area contributed by atoms with Crippen molar-refractivity contribution in [3.8, 4) is 0 Å². The fraction of sp³-hybridized carbons (Fsp3) is 0.655. The maximum atomic E-state index is 12.2. The van der Waals surface area contributed by atoms with Crippen molar-refractivity contribution < 1.29 is 9.53 Å². The Morgan fingerprint density at radius 2 is 1.78 bits per heavy atom. The van der Waals surface area contributed by atoms with E-state index in [0.29, 0.717) is 41.9 Å². The smallest absolute Gasteiger partial charge is 0.176 e. The molecular weight excluding hydrogens is 394 g/mol. The van der Waals surface area contributed by atoms with Gasteiger partial charge in [-0.25, -0.2) is 0 Å². The van der Waals surface area contributed by atoms with Crippen LogP contribution in [0.2, 0.25) is 0 Å². The SMILES string of the molecule is C[C@H](COCc1ccccc1)[C@H]1CC[C@H]2[C@@H]3C=CC4C(=N)C(=O)CC[C@]4(C)[C@H]3CC[C@]12C. The number of hydrogen-bond donors (Lipinski definition) is 1. The van der Waals surface area contributed by atoms with Gasteiger partial charge in [0.2, 0.25) is 0 Å². The van der Waals surface area contributed by atoms with E-state index in [0.717, 1.165) is 24.9 Å². The number of ketones is 1. The summed E-state index contributed by atoms with van der Waals surface area (Å²) in [6.07, 6.45) is 11.4. The van der Waals surface area contributed by atoms with Gasteiger partial charge in [0.05, 0.1) is 12.3 Å². The van der Waals surface area contributed by atoms with Crippen molar-refractivity contribution in [3.05, 3.63) is 48.0 Å². The first-order valence-corrected chi connectivity index (χ1v) is 12.8. The van der Waals surface area contributed by atoms with Crippen LogP contribution in [0.1, 0.15) is 64.9 Å². The zero-order valence-corrected chi connectivity index (χ0v) is 20.0. The van der Waals surface area contributed by atoms with E-state index >= 15 is 0 Å². The summed E-state index contributed by atoms with van der Waals surface area (Å²) >= 11 is 0. The second-order valence-corrected chi connectivity index (χ2v) is 11.7. The van der Waals surface area contributed by atoms with Crippen molar-refractivity contribution in [1.82, 2.24) is 0 Å². The highest BCUT2D eigenvalue weighted by Crippen LogP contribution is 2.66. The van der Waals surface area contributed by atoms with Crippen LogP contribution in [0.3, 0.4) is 0 Å². The molecule has 3 saturated carbocycles. The molecule has 0 saturated heterocycles. The number of carbonyl (C=O) groups excluding carboxylic acids is 1. The third-order valence-corrected chi connectivity index (χ3v) is 10.2. The topological polar surface area (TPSA) is 50.1 Å². The lowest BCUT2D eigenvalue weighted by Gasteiger charge is -2.58. The quantitative estimate of drug-likeness (QED) is 0.541. The second-order valence-electron chi connectivity index (χ2n) is 11.7. The molecule has 1 aromatic rings. The number of rotatable bonds is 5. The number of Topliss-reactive ketones (excluding diaryl/α,β-unsaturated/α-hetero) is 1. The molecule has 0 heterocycles. The maximum Gasteiger partial charge on any atom is 0.176 e. The normalized spacial score (nSPS) is 41.7. The average Bonchev–Trinajstić information content (AvgIpc) is 3.15. The molecule has 8 atom stereocenters. The fourth-order valence-corrected chi connectivity index (χ4v) is 8.41. The third kappa shape index (κ3) is 3.43. The van der Waals surface area contributed by atoms with E-state index in [2.05, 4.69) is 63.3 Å². The molecule has 32 heavy (non-hydrogen) atoms. The van der Waals surface area contributed by atoms with Crippen molar-refractivity contribution in [2.75, 3.05) is 6.61 Å².